The zero-order valence-corrected chi connectivity index (χ0v) is 13.4. The molecule has 0 bridgehead atoms. The lowest BCUT2D eigenvalue weighted by molar-refractivity contribution is 0.0213. The third-order valence-electron chi connectivity index (χ3n) is 4.97. The van der Waals surface area contributed by atoms with E-state index in [0.717, 1.165) is 44.8 Å². The van der Waals surface area contributed by atoms with E-state index < -0.39 is 0 Å². The van der Waals surface area contributed by atoms with Crippen LogP contribution >= 0.6 is 0 Å². The molecule has 5 nitrogen and oxygen atoms in total. The average Bonchev–Trinajstić information content (AvgIpc) is 2.96. The van der Waals surface area contributed by atoms with Gasteiger partial charge in [-0.2, -0.15) is 0 Å². The highest BCUT2D eigenvalue weighted by molar-refractivity contribution is 5.51. The summed E-state index contributed by atoms with van der Waals surface area (Å²) in [6.45, 7) is 3.67. The van der Waals surface area contributed by atoms with Gasteiger partial charge in [0.1, 0.15) is 5.75 Å². The molecule has 0 radical (unpaired) electrons. The molecule has 0 spiro atoms. The third kappa shape index (κ3) is 3.21. The van der Waals surface area contributed by atoms with Crippen LogP contribution in [0, 0.1) is 0 Å². The molecule has 2 aliphatic heterocycles. The minimum Gasteiger partial charge on any atom is -0.497 e. The van der Waals surface area contributed by atoms with Gasteiger partial charge in [0.25, 0.3) is 0 Å². The SMILES string of the molecule is COc1cccc(N2CCC(N3C[C@H](OC)[C@@H](O)C3)CC2)c1. The van der Waals surface area contributed by atoms with Crippen molar-refractivity contribution in [2.75, 3.05) is 45.3 Å². The molecule has 1 aromatic rings. The Morgan fingerprint density at radius 1 is 1.14 bits per heavy atom. The van der Waals surface area contributed by atoms with E-state index in [0.29, 0.717) is 6.04 Å². The lowest BCUT2D eigenvalue weighted by atomic mass is 10.0. The molecule has 2 fully saturated rings. The van der Waals surface area contributed by atoms with Gasteiger partial charge >= 0.3 is 0 Å². The number of aliphatic hydroxyl groups is 1. The van der Waals surface area contributed by atoms with E-state index in [1.165, 1.54) is 5.69 Å². The Morgan fingerprint density at radius 3 is 2.55 bits per heavy atom. The number of ether oxygens (including phenoxy) is 2. The second kappa shape index (κ2) is 6.86. The maximum atomic E-state index is 9.99. The summed E-state index contributed by atoms with van der Waals surface area (Å²) in [5.41, 5.74) is 1.23. The normalized spacial score (nSPS) is 27.3. The van der Waals surface area contributed by atoms with E-state index in [1.807, 2.05) is 12.1 Å². The minimum atomic E-state index is -0.346. The van der Waals surface area contributed by atoms with E-state index in [1.54, 1.807) is 14.2 Å². The Bertz CT molecular complexity index is 489. The molecule has 5 heteroatoms. The summed E-state index contributed by atoms with van der Waals surface area (Å²) in [5, 5.41) is 9.99. The van der Waals surface area contributed by atoms with Crippen LogP contribution in [-0.2, 0) is 4.74 Å². The molecule has 2 aliphatic rings. The van der Waals surface area contributed by atoms with Gasteiger partial charge in [-0.1, -0.05) is 6.07 Å². The standard InChI is InChI=1S/C17H26N2O3/c1-21-15-5-3-4-14(10-15)18-8-6-13(7-9-18)19-11-16(20)17(12-19)22-2/h3-5,10,13,16-17,20H,6-9,11-12H2,1-2H3/t16-,17-/m0/s1. The molecule has 0 aliphatic carbocycles. The molecular weight excluding hydrogens is 280 g/mol. The second-order valence-electron chi connectivity index (χ2n) is 6.22. The first-order valence-electron chi connectivity index (χ1n) is 8.05. The Kier molecular flexibility index (Phi) is 4.86. The van der Waals surface area contributed by atoms with Crippen molar-refractivity contribution in [3.8, 4) is 5.75 Å². The van der Waals surface area contributed by atoms with E-state index in [4.69, 9.17) is 9.47 Å². The predicted molar refractivity (Wildman–Crippen MR) is 86.6 cm³/mol. The first kappa shape index (κ1) is 15.6. The Hall–Kier alpha value is -1.30. The second-order valence-corrected chi connectivity index (χ2v) is 6.22. The number of methoxy groups -OCH3 is 2. The minimum absolute atomic E-state index is 0.0311. The van der Waals surface area contributed by atoms with Crippen molar-refractivity contribution in [3.63, 3.8) is 0 Å². The maximum Gasteiger partial charge on any atom is 0.120 e. The highest BCUT2D eigenvalue weighted by Crippen LogP contribution is 2.27. The van der Waals surface area contributed by atoms with Gasteiger partial charge in [0.2, 0.25) is 0 Å². The molecule has 22 heavy (non-hydrogen) atoms. The van der Waals surface area contributed by atoms with Crippen LogP contribution in [0.25, 0.3) is 0 Å². The number of anilines is 1. The van der Waals surface area contributed by atoms with Crippen molar-refractivity contribution in [3.05, 3.63) is 24.3 Å². The van der Waals surface area contributed by atoms with Crippen molar-refractivity contribution in [2.45, 2.75) is 31.1 Å². The third-order valence-corrected chi connectivity index (χ3v) is 4.97. The molecule has 2 atom stereocenters. The summed E-state index contributed by atoms with van der Waals surface area (Å²) < 4.78 is 10.7. The lowest BCUT2D eigenvalue weighted by Crippen LogP contribution is -2.44. The van der Waals surface area contributed by atoms with Gasteiger partial charge in [-0.05, 0) is 25.0 Å². The zero-order chi connectivity index (χ0) is 15.5. The number of hydrogen-bond donors (Lipinski definition) is 1. The molecule has 2 heterocycles. The van der Waals surface area contributed by atoms with Crippen LogP contribution in [0.4, 0.5) is 5.69 Å². The summed E-state index contributed by atoms with van der Waals surface area (Å²) in [7, 11) is 3.39. The molecule has 1 aromatic carbocycles. The van der Waals surface area contributed by atoms with Gasteiger partial charge in [0.05, 0.1) is 19.3 Å². The highest BCUT2D eigenvalue weighted by atomic mass is 16.5. The number of nitrogens with zero attached hydrogens (tertiary/aromatic N) is 2. The first-order chi connectivity index (χ1) is 10.7. The summed E-state index contributed by atoms with van der Waals surface area (Å²) in [6, 6.07) is 8.81. The van der Waals surface area contributed by atoms with Crippen LogP contribution in [-0.4, -0.2) is 68.7 Å². The summed E-state index contributed by atoms with van der Waals surface area (Å²) in [5.74, 6) is 0.908. The monoisotopic (exact) mass is 306 g/mol. The Balaban J connectivity index is 1.56. The van der Waals surface area contributed by atoms with Gasteiger partial charge in [-0.15, -0.1) is 0 Å². The molecule has 0 aromatic heterocycles. The van der Waals surface area contributed by atoms with Crippen molar-refractivity contribution < 1.29 is 14.6 Å². The summed E-state index contributed by atoms with van der Waals surface area (Å²) >= 11 is 0. The predicted octanol–water partition coefficient (Wildman–Crippen LogP) is 1.36. The Morgan fingerprint density at radius 2 is 1.91 bits per heavy atom. The van der Waals surface area contributed by atoms with Crippen LogP contribution in [0.15, 0.2) is 24.3 Å². The Labute approximate surface area is 132 Å². The van der Waals surface area contributed by atoms with Gasteiger partial charge in [0, 0.05) is 51.1 Å². The van der Waals surface area contributed by atoms with E-state index in [9.17, 15) is 5.11 Å². The van der Waals surface area contributed by atoms with Crippen molar-refractivity contribution in [1.29, 1.82) is 0 Å². The van der Waals surface area contributed by atoms with Crippen LogP contribution < -0.4 is 9.64 Å². The molecular formula is C17H26N2O3. The molecule has 0 amide bonds. The first-order valence-corrected chi connectivity index (χ1v) is 8.05. The van der Waals surface area contributed by atoms with Crippen molar-refractivity contribution >= 4 is 5.69 Å². The number of benzene rings is 1. The molecule has 122 valence electrons. The number of piperidine rings is 1. The highest BCUT2D eigenvalue weighted by Gasteiger charge is 2.36. The molecule has 0 saturated carbocycles. The molecule has 3 rings (SSSR count). The number of aliphatic hydroxyl groups excluding tert-OH is 1. The largest absolute Gasteiger partial charge is 0.497 e. The summed E-state index contributed by atoms with van der Waals surface area (Å²) in [4.78, 5) is 4.81. The smallest absolute Gasteiger partial charge is 0.120 e. The van der Waals surface area contributed by atoms with Crippen LogP contribution in [0.2, 0.25) is 0 Å². The van der Waals surface area contributed by atoms with E-state index >= 15 is 0 Å². The number of hydrogen-bond acceptors (Lipinski definition) is 5. The number of β-amino-alcohol motifs (C(OH)–C–C–N with tert-alkyl or cyclic N) is 1. The molecule has 2 saturated heterocycles. The van der Waals surface area contributed by atoms with Gasteiger partial charge in [-0.3, -0.25) is 4.90 Å². The van der Waals surface area contributed by atoms with E-state index in [2.05, 4.69) is 21.9 Å². The zero-order valence-electron chi connectivity index (χ0n) is 13.4. The van der Waals surface area contributed by atoms with Crippen molar-refractivity contribution in [2.24, 2.45) is 0 Å². The van der Waals surface area contributed by atoms with Gasteiger partial charge < -0.3 is 19.5 Å². The average molecular weight is 306 g/mol. The lowest BCUT2D eigenvalue weighted by Gasteiger charge is -2.37. The van der Waals surface area contributed by atoms with Gasteiger partial charge in [0.15, 0.2) is 0 Å². The van der Waals surface area contributed by atoms with Crippen molar-refractivity contribution in [1.82, 2.24) is 4.90 Å². The summed E-state index contributed by atoms with van der Waals surface area (Å²) in [6.07, 6.45) is 1.87. The quantitative estimate of drug-likeness (QED) is 0.910. The van der Waals surface area contributed by atoms with Gasteiger partial charge in [-0.25, -0.2) is 0 Å². The maximum absolute atomic E-state index is 9.99. The fourth-order valence-electron chi connectivity index (χ4n) is 3.61. The van der Waals surface area contributed by atoms with E-state index in [-0.39, 0.29) is 12.2 Å². The number of likely N-dealkylation sites (tertiary alicyclic amines) is 1. The molecule has 1 N–H and O–H groups in total. The van der Waals surface area contributed by atoms with Crippen LogP contribution in [0.1, 0.15) is 12.8 Å². The number of rotatable bonds is 4. The fraction of sp³-hybridized carbons (Fsp3) is 0.647. The van der Waals surface area contributed by atoms with Crippen LogP contribution in [0.5, 0.6) is 5.75 Å². The topological polar surface area (TPSA) is 45.2 Å². The fourth-order valence-corrected chi connectivity index (χ4v) is 3.61. The van der Waals surface area contributed by atoms with Crippen LogP contribution in [0.3, 0.4) is 0 Å². The molecule has 0 unspecified atom stereocenters.